The van der Waals surface area contributed by atoms with E-state index in [2.05, 4.69) is 0 Å². The van der Waals surface area contributed by atoms with Gasteiger partial charge in [0.1, 0.15) is 0 Å². The van der Waals surface area contributed by atoms with Crippen molar-refractivity contribution >= 4 is 11.6 Å². The van der Waals surface area contributed by atoms with Crippen LogP contribution in [0.4, 0.5) is 4.39 Å². The molecule has 1 fully saturated rings. The van der Waals surface area contributed by atoms with E-state index < -0.39 is 5.82 Å². The molecule has 0 bridgehead atoms. The van der Waals surface area contributed by atoms with Crippen molar-refractivity contribution in [3.63, 3.8) is 0 Å². The van der Waals surface area contributed by atoms with Crippen LogP contribution in [0.5, 0.6) is 5.75 Å². The molecular weight excluding hydrogens is 231 g/mol. The second kappa shape index (κ2) is 5.02. The molecule has 2 atom stereocenters. The minimum absolute atomic E-state index is 0.0356. The van der Waals surface area contributed by atoms with Crippen LogP contribution in [0.15, 0.2) is 18.2 Å². The molecule has 88 valence electrons. The van der Waals surface area contributed by atoms with Crippen LogP contribution in [0.1, 0.15) is 19.3 Å². The minimum Gasteiger partial charge on any atom is -0.486 e. The summed E-state index contributed by atoms with van der Waals surface area (Å²) in [6.45, 7) is 0.171. The molecular formula is C12H14ClFO2. The molecule has 1 N–H and O–H groups in total. The van der Waals surface area contributed by atoms with E-state index in [1.807, 2.05) is 0 Å². The molecule has 1 saturated carbocycles. The number of rotatable bonds is 3. The molecule has 0 saturated heterocycles. The molecule has 1 aromatic carbocycles. The third-order valence-corrected chi connectivity index (χ3v) is 3.25. The van der Waals surface area contributed by atoms with Crippen LogP contribution in [0.3, 0.4) is 0 Å². The van der Waals surface area contributed by atoms with Crippen LogP contribution in [0, 0.1) is 11.7 Å². The van der Waals surface area contributed by atoms with Crippen LogP contribution >= 0.6 is 11.6 Å². The van der Waals surface area contributed by atoms with Gasteiger partial charge in [-0.2, -0.15) is 0 Å². The topological polar surface area (TPSA) is 29.5 Å². The number of ether oxygens (including phenoxy) is 1. The smallest absolute Gasteiger partial charge is 0.173 e. The van der Waals surface area contributed by atoms with Gasteiger partial charge in [-0.25, -0.2) is 4.39 Å². The van der Waals surface area contributed by atoms with Gasteiger partial charge >= 0.3 is 0 Å². The maximum absolute atomic E-state index is 13.4. The summed E-state index contributed by atoms with van der Waals surface area (Å²) in [6.07, 6.45) is 2.50. The standard InChI is InChI=1S/C12H14ClFO2/c13-10-2-1-3-11(14)12(10)16-9-5-4-8(6-9)7-15/h1-3,8-9,15H,4-7H2. The lowest BCUT2D eigenvalue weighted by Crippen LogP contribution is -2.14. The van der Waals surface area contributed by atoms with Crippen molar-refractivity contribution in [1.29, 1.82) is 0 Å². The summed E-state index contributed by atoms with van der Waals surface area (Å²) in [5.74, 6) is -0.0248. The van der Waals surface area contributed by atoms with E-state index in [0.717, 1.165) is 19.3 Å². The molecule has 1 aromatic rings. The van der Waals surface area contributed by atoms with Gasteiger partial charge in [0.15, 0.2) is 11.6 Å². The van der Waals surface area contributed by atoms with Gasteiger partial charge in [-0.15, -0.1) is 0 Å². The molecule has 16 heavy (non-hydrogen) atoms. The van der Waals surface area contributed by atoms with E-state index >= 15 is 0 Å². The predicted octanol–water partition coefficient (Wildman–Crippen LogP) is 3.02. The van der Waals surface area contributed by atoms with Gasteiger partial charge < -0.3 is 9.84 Å². The number of aliphatic hydroxyl groups excluding tert-OH is 1. The highest BCUT2D eigenvalue weighted by molar-refractivity contribution is 6.32. The lowest BCUT2D eigenvalue weighted by molar-refractivity contribution is 0.178. The molecule has 4 heteroatoms. The van der Waals surface area contributed by atoms with Gasteiger partial charge in [-0.1, -0.05) is 17.7 Å². The fourth-order valence-corrected chi connectivity index (χ4v) is 2.27. The second-order valence-electron chi connectivity index (χ2n) is 4.15. The van der Waals surface area contributed by atoms with Crippen LogP contribution in [0.25, 0.3) is 0 Å². The van der Waals surface area contributed by atoms with Gasteiger partial charge in [-0.05, 0) is 37.3 Å². The predicted molar refractivity (Wildman–Crippen MR) is 60.3 cm³/mol. The molecule has 0 heterocycles. The third-order valence-electron chi connectivity index (χ3n) is 2.95. The summed E-state index contributed by atoms with van der Waals surface area (Å²) >= 11 is 5.86. The molecule has 0 aromatic heterocycles. The molecule has 1 aliphatic rings. The van der Waals surface area contributed by atoms with Crippen LogP contribution in [-0.4, -0.2) is 17.8 Å². The van der Waals surface area contributed by atoms with Crippen molar-refractivity contribution in [2.24, 2.45) is 5.92 Å². The van der Waals surface area contributed by atoms with E-state index in [9.17, 15) is 4.39 Å². The van der Waals surface area contributed by atoms with Gasteiger partial charge in [0.2, 0.25) is 0 Å². The summed E-state index contributed by atoms with van der Waals surface area (Å²) in [7, 11) is 0. The van der Waals surface area contributed by atoms with Crippen molar-refractivity contribution in [1.82, 2.24) is 0 Å². The van der Waals surface area contributed by atoms with Crippen molar-refractivity contribution in [3.05, 3.63) is 29.0 Å². The third kappa shape index (κ3) is 2.47. The molecule has 0 aliphatic heterocycles. The molecule has 2 nitrogen and oxygen atoms in total. The molecule has 2 rings (SSSR count). The van der Waals surface area contributed by atoms with E-state index in [1.54, 1.807) is 12.1 Å². The first-order valence-corrected chi connectivity index (χ1v) is 5.80. The van der Waals surface area contributed by atoms with Crippen molar-refractivity contribution in [3.8, 4) is 5.75 Å². The zero-order chi connectivity index (χ0) is 11.5. The summed E-state index contributed by atoms with van der Waals surface area (Å²) < 4.78 is 19.0. The number of benzene rings is 1. The van der Waals surface area contributed by atoms with Crippen molar-refractivity contribution in [2.45, 2.75) is 25.4 Å². The maximum Gasteiger partial charge on any atom is 0.173 e. The average molecular weight is 245 g/mol. The Balaban J connectivity index is 2.04. The Morgan fingerprint density at radius 2 is 2.25 bits per heavy atom. The first kappa shape index (κ1) is 11.7. The monoisotopic (exact) mass is 244 g/mol. The number of halogens is 2. The van der Waals surface area contributed by atoms with Crippen LogP contribution < -0.4 is 4.74 Å². The number of hydrogen-bond acceptors (Lipinski definition) is 2. The average Bonchev–Trinajstić information content (AvgIpc) is 2.71. The quantitative estimate of drug-likeness (QED) is 0.886. The maximum atomic E-state index is 13.4. The Kier molecular flexibility index (Phi) is 3.66. The summed E-state index contributed by atoms with van der Waals surface area (Å²) in [5.41, 5.74) is 0. The lowest BCUT2D eigenvalue weighted by atomic mass is 10.1. The lowest BCUT2D eigenvalue weighted by Gasteiger charge is -2.15. The van der Waals surface area contributed by atoms with Crippen molar-refractivity contribution < 1.29 is 14.2 Å². The zero-order valence-electron chi connectivity index (χ0n) is 8.83. The van der Waals surface area contributed by atoms with Crippen molar-refractivity contribution in [2.75, 3.05) is 6.61 Å². The minimum atomic E-state index is -0.431. The number of hydrogen-bond donors (Lipinski definition) is 1. The number of para-hydroxylation sites is 1. The summed E-state index contributed by atoms with van der Waals surface area (Å²) in [4.78, 5) is 0. The van der Waals surface area contributed by atoms with Gasteiger partial charge in [0.05, 0.1) is 11.1 Å². The fourth-order valence-electron chi connectivity index (χ4n) is 2.06. The second-order valence-corrected chi connectivity index (χ2v) is 4.56. The van der Waals surface area contributed by atoms with Crippen LogP contribution in [-0.2, 0) is 0 Å². The zero-order valence-corrected chi connectivity index (χ0v) is 9.58. The number of aliphatic hydroxyl groups is 1. The molecule has 1 aliphatic carbocycles. The van der Waals surface area contributed by atoms with E-state index in [4.69, 9.17) is 21.4 Å². The summed E-state index contributed by atoms with van der Waals surface area (Å²) in [6, 6.07) is 4.49. The Morgan fingerprint density at radius 1 is 1.44 bits per heavy atom. The Morgan fingerprint density at radius 3 is 2.88 bits per heavy atom. The highest BCUT2D eigenvalue weighted by Gasteiger charge is 2.26. The fraction of sp³-hybridized carbons (Fsp3) is 0.500. The Hall–Kier alpha value is -0.800. The Labute approximate surface area is 99.0 Å². The van der Waals surface area contributed by atoms with E-state index in [1.165, 1.54) is 6.07 Å². The largest absolute Gasteiger partial charge is 0.486 e. The van der Waals surface area contributed by atoms with Gasteiger partial charge in [-0.3, -0.25) is 0 Å². The van der Waals surface area contributed by atoms with Crippen LogP contribution in [0.2, 0.25) is 5.02 Å². The van der Waals surface area contributed by atoms with E-state index in [-0.39, 0.29) is 24.4 Å². The molecule has 0 amide bonds. The van der Waals surface area contributed by atoms with E-state index in [0.29, 0.717) is 5.02 Å². The SMILES string of the molecule is OCC1CCC(Oc2c(F)cccc2Cl)C1. The highest BCUT2D eigenvalue weighted by Crippen LogP contribution is 2.33. The normalized spacial score (nSPS) is 24.7. The molecule has 2 unspecified atom stereocenters. The Bertz CT molecular complexity index is 350. The first-order chi connectivity index (χ1) is 7.70. The molecule has 0 spiro atoms. The van der Waals surface area contributed by atoms with Gasteiger partial charge in [0, 0.05) is 6.61 Å². The molecule has 0 radical (unpaired) electrons. The summed E-state index contributed by atoms with van der Waals surface area (Å²) in [5, 5.41) is 9.30. The first-order valence-electron chi connectivity index (χ1n) is 5.42. The van der Waals surface area contributed by atoms with Gasteiger partial charge in [0.25, 0.3) is 0 Å². The highest BCUT2D eigenvalue weighted by atomic mass is 35.5.